The van der Waals surface area contributed by atoms with Gasteiger partial charge >= 0.3 is 0 Å². The van der Waals surface area contributed by atoms with Gasteiger partial charge in [-0.05, 0) is 34.1 Å². The monoisotopic (exact) mass is 289 g/mol. The molecule has 0 heterocycles. The lowest BCUT2D eigenvalue weighted by molar-refractivity contribution is 0.315. The first-order valence-corrected chi connectivity index (χ1v) is 5.50. The second-order valence-electron chi connectivity index (χ2n) is 3.44. The minimum atomic E-state index is -0.310. The van der Waals surface area contributed by atoms with Crippen molar-refractivity contribution in [3.8, 4) is 0 Å². The van der Waals surface area contributed by atoms with E-state index >= 15 is 0 Å². The lowest BCUT2D eigenvalue weighted by Gasteiger charge is -2.12. The zero-order valence-electron chi connectivity index (χ0n) is 8.74. The highest BCUT2D eigenvalue weighted by Gasteiger charge is 2.07. The Morgan fingerprint density at radius 2 is 2.38 bits per heavy atom. The molecule has 1 unspecified atom stereocenters. The maximum absolute atomic E-state index is 12.9. The van der Waals surface area contributed by atoms with Crippen LogP contribution in [0.2, 0.25) is 0 Å². The summed E-state index contributed by atoms with van der Waals surface area (Å²) in [7, 11) is 0. The molecule has 4 N–H and O–H groups in total. The van der Waals surface area contributed by atoms with E-state index in [-0.39, 0.29) is 17.6 Å². The highest BCUT2D eigenvalue weighted by molar-refractivity contribution is 9.10. The Morgan fingerprint density at radius 3 is 2.94 bits per heavy atom. The van der Waals surface area contributed by atoms with Crippen molar-refractivity contribution in [2.45, 2.75) is 6.92 Å². The average Bonchev–Trinajstić information content (AvgIpc) is 2.29. The Hall–Kier alpha value is -1.30. The molecular weight excluding hydrogens is 277 g/mol. The number of hydrogen-bond donors (Lipinski definition) is 3. The third kappa shape index (κ3) is 3.37. The van der Waals surface area contributed by atoms with Crippen LogP contribution in [-0.2, 0) is 0 Å². The molecule has 4 nitrogen and oxygen atoms in total. The molecule has 0 aliphatic heterocycles. The van der Waals surface area contributed by atoms with Gasteiger partial charge in [0.1, 0.15) is 11.7 Å². The van der Waals surface area contributed by atoms with E-state index in [2.05, 4.69) is 26.4 Å². The molecular formula is C10H13BrFN3O. The molecule has 1 aromatic rings. The largest absolute Gasteiger partial charge is 0.409 e. The predicted octanol–water partition coefficient (Wildman–Crippen LogP) is 2.38. The van der Waals surface area contributed by atoms with E-state index in [0.29, 0.717) is 11.0 Å². The minimum absolute atomic E-state index is 0.103. The second-order valence-corrected chi connectivity index (χ2v) is 4.29. The number of benzene rings is 1. The van der Waals surface area contributed by atoms with Crippen LogP contribution in [0.25, 0.3) is 0 Å². The summed E-state index contributed by atoms with van der Waals surface area (Å²) in [5.74, 6) is -0.252. The molecule has 88 valence electrons. The highest BCUT2D eigenvalue weighted by Crippen LogP contribution is 2.20. The van der Waals surface area contributed by atoms with Gasteiger partial charge in [-0.15, -0.1) is 0 Å². The third-order valence-corrected chi connectivity index (χ3v) is 2.76. The number of amidine groups is 1. The second kappa shape index (κ2) is 5.69. The summed E-state index contributed by atoms with van der Waals surface area (Å²) in [6.07, 6.45) is 0. The molecule has 0 aromatic heterocycles. The first-order chi connectivity index (χ1) is 7.54. The lowest BCUT2D eigenvalue weighted by Crippen LogP contribution is -2.27. The van der Waals surface area contributed by atoms with E-state index in [1.807, 2.05) is 6.92 Å². The van der Waals surface area contributed by atoms with Crippen LogP contribution in [0, 0.1) is 11.7 Å². The fourth-order valence-corrected chi connectivity index (χ4v) is 1.46. The van der Waals surface area contributed by atoms with E-state index in [0.717, 1.165) is 5.69 Å². The third-order valence-electron chi connectivity index (χ3n) is 2.15. The molecule has 1 atom stereocenters. The smallest absolute Gasteiger partial charge is 0.143 e. The van der Waals surface area contributed by atoms with Crippen LogP contribution in [-0.4, -0.2) is 17.6 Å². The summed E-state index contributed by atoms with van der Waals surface area (Å²) in [5, 5.41) is 14.4. The summed E-state index contributed by atoms with van der Waals surface area (Å²) in [5.41, 5.74) is 6.19. The number of oxime groups is 1. The summed E-state index contributed by atoms with van der Waals surface area (Å²) in [4.78, 5) is 0. The van der Waals surface area contributed by atoms with Gasteiger partial charge in [-0.25, -0.2) is 4.39 Å². The molecule has 0 fully saturated rings. The van der Waals surface area contributed by atoms with Crippen LogP contribution in [0.1, 0.15) is 6.92 Å². The van der Waals surface area contributed by atoms with E-state index in [4.69, 9.17) is 10.9 Å². The summed E-state index contributed by atoms with van der Waals surface area (Å²) < 4.78 is 13.3. The number of nitrogens with one attached hydrogen (secondary N) is 1. The van der Waals surface area contributed by atoms with Crippen molar-refractivity contribution in [2.75, 3.05) is 11.9 Å². The lowest BCUT2D eigenvalue weighted by atomic mass is 10.1. The molecule has 0 radical (unpaired) electrons. The quantitative estimate of drug-likeness (QED) is 0.345. The van der Waals surface area contributed by atoms with E-state index in [1.54, 1.807) is 12.1 Å². The number of nitrogens with two attached hydrogens (primary N) is 1. The Bertz CT molecular complexity index is 398. The Labute approximate surface area is 101 Å². The maximum Gasteiger partial charge on any atom is 0.143 e. The van der Waals surface area contributed by atoms with Crippen molar-refractivity contribution in [1.82, 2.24) is 0 Å². The van der Waals surface area contributed by atoms with Crippen molar-refractivity contribution in [2.24, 2.45) is 16.8 Å². The summed E-state index contributed by atoms with van der Waals surface area (Å²) >= 11 is 3.09. The zero-order chi connectivity index (χ0) is 12.1. The van der Waals surface area contributed by atoms with Gasteiger partial charge in [0.2, 0.25) is 0 Å². The highest BCUT2D eigenvalue weighted by atomic mass is 79.9. The van der Waals surface area contributed by atoms with E-state index < -0.39 is 0 Å². The predicted molar refractivity (Wildman–Crippen MR) is 65.2 cm³/mol. The van der Waals surface area contributed by atoms with Crippen molar-refractivity contribution in [3.05, 3.63) is 28.5 Å². The molecule has 0 bridgehead atoms. The standard InChI is InChI=1S/C10H13BrFN3O/c1-6(10(13)15-16)5-14-7-2-3-9(12)8(11)4-7/h2-4,6,14,16H,5H2,1H3,(H2,13,15). The van der Waals surface area contributed by atoms with Gasteiger partial charge in [0.15, 0.2) is 0 Å². The fraction of sp³-hybridized carbons (Fsp3) is 0.300. The van der Waals surface area contributed by atoms with Gasteiger partial charge in [-0.1, -0.05) is 12.1 Å². The van der Waals surface area contributed by atoms with Crippen molar-refractivity contribution in [1.29, 1.82) is 0 Å². The van der Waals surface area contributed by atoms with E-state index in [1.165, 1.54) is 6.07 Å². The van der Waals surface area contributed by atoms with Gasteiger partial charge < -0.3 is 16.3 Å². The Kier molecular flexibility index (Phi) is 4.54. The van der Waals surface area contributed by atoms with Crippen LogP contribution >= 0.6 is 15.9 Å². The minimum Gasteiger partial charge on any atom is -0.409 e. The van der Waals surface area contributed by atoms with Gasteiger partial charge in [0, 0.05) is 18.2 Å². The van der Waals surface area contributed by atoms with E-state index in [9.17, 15) is 4.39 Å². The molecule has 0 saturated heterocycles. The van der Waals surface area contributed by atoms with Crippen LogP contribution in [0.3, 0.4) is 0 Å². The average molecular weight is 290 g/mol. The van der Waals surface area contributed by atoms with Crippen molar-refractivity contribution in [3.63, 3.8) is 0 Å². The SMILES string of the molecule is CC(CNc1ccc(F)c(Br)c1)/C(N)=N/O. The Balaban J connectivity index is 2.58. The summed E-state index contributed by atoms with van der Waals surface area (Å²) in [6.45, 7) is 2.33. The molecule has 1 aromatic carbocycles. The van der Waals surface area contributed by atoms with Gasteiger partial charge in [-0.2, -0.15) is 0 Å². The first kappa shape index (κ1) is 12.8. The topological polar surface area (TPSA) is 70.6 Å². The van der Waals surface area contributed by atoms with Crippen LogP contribution in [0.5, 0.6) is 0 Å². The van der Waals surface area contributed by atoms with Crippen molar-refractivity contribution < 1.29 is 9.60 Å². The van der Waals surface area contributed by atoms with Gasteiger partial charge in [0.25, 0.3) is 0 Å². The molecule has 16 heavy (non-hydrogen) atoms. The summed E-state index contributed by atoms with van der Waals surface area (Å²) in [6, 6.07) is 4.62. The normalized spacial score (nSPS) is 13.6. The number of rotatable bonds is 4. The molecule has 0 spiro atoms. The van der Waals surface area contributed by atoms with Gasteiger partial charge in [-0.3, -0.25) is 0 Å². The molecule has 0 amide bonds. The van der Waals surface area contributed by atoms with Gasteiger partial charge in [0.05, 0.1) is 4.47 Å². The van der Waals surface area contributed by atoms with Crippen LogP contribution in [0.15, 0.2) is 27.8 Å². The number of anilines is 1. The number of halogens is 2. The first-order valence-electron chi connectivity index (χ1n) is 4.71. The molecule has 6 heteroatoms. The zero-order valence-corrected chi connectivity index (χ0v) is 10.3. The van der Waals surface area contributed by atoms with Crippen LogP contribution in [0.4, 0.5) is 10.1 Å². The van der Waals surface area contributed by atoms with Crippen molar-refractivity contribution >= 4 is 27.5 Å². The molecule has 0 saturated carbocycles. The molecule has 0 aliphatic carbocycles. The Morgan fingerprint density at radius 1 is 1.69 bits per heavy atom. The molecule has 0 aliphatic rings. The number of nitrogens with zero attached hydrogens (tertiary/aromatic N) is 1. The fourth-order valence-electron chi connectivity index (χ4n) is 1.08. The molecule has 1 rings (SSSR count). The maximum atomic E-state index is 12.9. The van der Waals surface area contributed by atoms with Crippen LogP contribution < -0.4 is 11.1 Å². The number of hydrogen-bond acceptors (Lipinski definition) is 3.